The lowest BCUT2D eigenvalue weighted by Crippen LogP contribution is -2.41. The van der Waals surface area contributed by atoms with Gasteiger partial charge < -0.3 is 10.5 Å². The molecule has 76 valence electrons. The molecule has 0 amide bonds. The summed E-state index contributed by atoms with van der Waals surface area (Å²) in [5.74, 6) is 0.449. The second kappa shape index (κ2) is 3.71. The van der Waals surface area contributed by atoms with E-state index >= 15 is 0 Å². The first-order valence-electron chi connectivity index (χ1n) is 5.13. The Labute approximate surface area is 85.1 Å². The Kier molecular flexibility index (Phi) is 2.57. The van der Waals surface area contributed by atoms with Crippen LogP contribution in [0.3, 0.4) is 0 Å². The summed E-state index contributed by atoms with van der Waals surface area (Å²) >= 11 is 0. The standard InChI is InChI=1S/C12H17NO/c1-12(13,11-7-8-14-9-11)10-5-3-2-4-6-10/h2-6,11H,7-9,13H2,1H3. The second-order valence-corrected chi connectivity index (χ2v) is 4.21. The molecule has 1 fully saturated rings. The van der Waals surface area contributed by atoms with E-state index in [9.17, 15) is 0 Å². The number of benzene rings is 1. The molecule has 2 N–H and O–H groups in total. The SMILES string of the molecule is CC(N)(c1ccccc1)C1CCOC1. The summed E-state index contributed by atoms with van der Waals surface area (Å²) in [7, 11) is 0. The van der Waals surface area contributed by atoms with Crippen molar-refractivity contribution in [3.8, 4) is 0 Å². The van der Waals surface area contributed by atoms with E-state index in [1.807, 2.05) is 18.2 Å². The lowest BCUT2D eigenvalue weighted by atomic mass is 9.80. The molecule has 1 aromatic carbocycles. The number of ether oxygens (including phenoxy) is 1. The molecule has 1 heterocycles. The van der Waals surface area contributed by atoms with Crippen LogP contribution in [0.4, 0.5) is 0 Å². The largest absolute Gasteiger partial charge is 0.381 e. The predicted octanol–water partition coefficient (Wildman–Crippen LogP) is 1.90. The van der Waals surface area contributed by atoms with Gasteiger partial charge in [0, 0.05) is 18.1 Å². The molecule has 0 saturated carbocycles. The molecule has 0 aliphatic carbocycles. The fraction of sp³-hybridized carbons (Fsp3) is 0.500. The van der Waals surface area contributed by atoms with Crippen molar-refractivity contribution >= 4 is 0 Å². The van der Waals surface area contributed by atoms with Gasteiger partial charge in [0.25, 0.3) is 0 Å². The summed E-state index contributed by atoms with van der Waals surface area (Å²) in [6.45, 7) is 3.74. The van der Waals surface area contributed by atoms with Gasteiger partial charge in [-0.2, -0.15) is 0 Å². The van der Waals surface area contributed by atoms with Crippen molar-refractivity contribution in [3.05, 3.63) is 35.9 Å². The molecule has 0 spiro atoms. The molecule has 14 heavy (non-hydrogen) atoms. The maximum Gasteiger partial charge on any atom is 0.0515 e. The monoisotopic (exact) mass is 191 g/mol. The van der Waals surface area contributed by atoms with Crippen LogP contribution in [0, 0.1) is 5.92 Å². The molecule has 0 radical (unpaired) electrons. The van der Waals surface area contributed by atoms with Crippen molar-refractivity contribution in [2.24, 2.45) is 11.7 Å². The number of hydrogen-bond acceptors (Lipinski definition) is 2. The summed E-state index contributed by atoms with van der Waals surface area (Å²) in [5.41, 5.74) is 7.32. The van der Waals surface area contributed by atoms with E-state index in [1.165, 1.54) is 5.56 Å². The van der Waals surface area contributed by atoms with Gasteiger partial charge in [-0.15, -0.1) is 0 Å². The Morgan fingerprint density at radius 1 is 1.36 bits per heavy atom. The highest BCUT2D eigenvalue weighted by Crippen LogP contribution is 2.32. The van der Waals surface area contributed by atoms with E-state index in [0.717, 1.165) is 19.6 Å². The third kappa shape index (κ3) is 1.68. The predicted molar refractivity (Wildman–Crippen MR) is 56.9 cm³/mol. The zero-order valence-electron chi connectivity index (χ0n) is 8.57. The summed E-state index contributed by atoms with van der Waals surface area (Å²) in [6.07, 6.45) is 1.07. The lowest BCUT2D eigenvalue weighted by molar-refractivity contribution is 0.166. The third-order valence-corrected chi connectivity index (χ3v) is 3.17. The van der Waals surface area contributed by atoms with Crippen LogP contribution in [0.1, 0.15) is 18.9 Å². The van der Waals surface area contributed by atoms with Gasteiger partial charge in [-0.1, -0.05) is 30.3 Å². The lowest BCUT2D eigenvalue weighted by Gasteiger charge is -2.31. The molecule has 1 aliphatic rings. The summed E-state index contributed by atoms with van der Waals surface area (Å²) < 4.78 is 5.38. The van der Waals surface area contributed by atoms with Gasteiger partial charge in [0.2, 0.25) is 0 Å². The van der Waals surface area contributed by atoms with Gasteiger partial charge in [0.15, 0.2) is 0 Å². The molecule has 2 nitrogen and oxygen atoms in total. The summed E-state index contributed by atoms with van der Waals surface area (Å²) in [6, 6.07) is 10.3. The fourth-order valence-corrected chi connectivity index (χ4v) is 2.04. The zero-order valence-corrected chi connectivity index (χ0v) is 8.57. The van der Waals surface area contributed by atoms with Crippen molar-refractivity contribution in [3.63, 3.8) is 0 Å². The Hall–Kier alpha value is -0.860. The van der Waals surface area contributed by atoms with Crippen LogP contribution < -0.4 is 5.73 Å². The van der Waals surface area contributed by atoms with Crippen LogP contribution in [0.2, 0.25) is 0 Å². The second-order valence-electron chi connectivity index (χ2n) is 4.21. The maximum atomic E-state index is 6.36. The van der Waals surface area contributed by atoms with Crippen molar-refractivity contribution in [2.45, 2.75) is 18.9 Å². The van der Waals surface area contributed by atoms with Gasteiger partial charge >= 0.3 is 0 Å². The molecule has 1 saturated heterocycles. The molecule has 1 aliphatic heterocycles. The Morgan fingerprint density at radius 2 is 2.07 bits per heavy atom. The van der Waals surface area contributed by atoms with Gasteiger partial charge in [0.05, 0.1) is 6.61 Å². The van der Waals surface area contributed by atoms with Crippen molar-refractivity contribution in [1.29, 1.82) is 0 Å². The highest BCUT2D eigenvalue weighted by molar-refractivity contribution is 5.24. The normalized spacial score (nSPS) is 26.0. The third-order valence-electron chi connectivity index (χ3n) is 3.17. The number of rotatable bonds is 2. The number of nitrogens with two attached hydrogens (primary N) is 1. The summed E-state index contributed by atoms with van der Waals surface area (Å²) in [4.78, 5) is 0. The van der Waals surface area contributed by atoms with Gasteiger partial charge in [-0.05, 0) is 18.9 Å². The maximum absolute atomic E-state index is 6.36. The van der Waals surface area contributed by atoms with E-state index in [0.29, 0.717) is 5.92 Å². The zero-order chi connectivity index (χ0) is 10.0. The molecular formula is C12H17NO. The van der Waals surface area contributed by atoms with Crippen LogP contribution >= 0.6 is 0 Å². The van der Waals surface area contributed by atoms with E-state index < -0.39 is 0 Å². The van der Waals surface area contributed by atoms with Crippen LogP contribution in [-0.4, -0.2) is 13.2 Å². The number of hydrogen-bond donors (Lipinski definition) is 1. The first-order chi connectivity index (χ1) is 6.71. The minimum atomic E-state index is -0.252. The molecule has 2 unspecified atom stereocenters. The van der Waals surface area contributed by atoms with Crippen LogP contribution in [0.15, 0.2) is 30.3 Å². The molecule has 0 bridgehead atoms. The Morgan fingerprint density at radius 3 is 2.64 bits per heavy atom. The Balaban J connectivity index is 2.22. The van der Waals surface area contributed by atoms with Crippen LogP contribution in [0.25, 0.3) is 0 Å². The molecular weight excluding hydrogens is 174 g/mol. The van der Waals surface area contributed by atoms with Gasteiger partial charge in [-0.3, -0.25) is 0 Å². The minimum absolute atomic E-state index is 0.252. The first-order valence-corrected chi connectivity index (χ1v) is 5.13. The topological polar surface area (TPSA) is 35.2 Å². The van der Waals surface area contributed by atoms with E-state index in [-0.39, 0.29) is 5.54 Å². The minimum Gasteiger partial charge on any atom is -0.381 e. The van der Waals surface area contributed by atoms with E-state index in [4.69, 9.17) is 10.5 Å². The smallest absolute Gasteiger partial charge is 0.0515 e. The average molecular weight is 191 g/mol. The van der Waals surface area contributed by atoms with E-state index in [2.05, 4.69) is 19.1 Å². The molecule has 0 aromatic heterocycles. The molecule has 2 atom stereocenters. The van der Waals surface area contributed by atoms with Crippen molar-refractivity contribution in [2.75, 3.05) is 13.2 Å². The summed E-state index contributed by atoms with van der Waals surface area (Å²) in [5, 5.41) is 0. The highest BCUT2D eigenvalue weighted by Gasteiger charge is 2.34. The quantitative estimate of drug-likeness (QED) is 0.775. The Bertz CT molecular complexity index is 288. The first kappa shape index (κ1) is 9.69. The fourth-order valence-electron chi connectivity index (χ4n) is 2.04. The molecule has 2 heteroatoms. The molecule has 2 rings (SSSR count). The van der Waals surface area contributed by atoms with Gasteiger partial charge in [-0.25, -0.2) is 0 Å². The van der Waals surface area contributed by atoms with Crippen LogP contribution in [0.5, 0.6) is 0 Å². The van der Waals surface area contributed by atoms with Crippen molar-refractivity contribution < 1.29 is 4.74 Å². The average Bonchev–Trinajstić information content (AvgIpc) is 2.72. The van der Waals surface area contributed by atoms with Crippen LogP contribution in [-0.2, 0) is 10.3 Å². The highest BCUT2D eigenvalue weighted by atomic mass is 16.5. The van der Waals surface area contributed by atoms with Crippen molar-refractivity contribution in [1.82, 2.24) is 0 Å². The van der Waals surface area contributed by atoms with Gasteiger partial charge in [0.1, 0.15) is 0 Å². The molecule has 1 aromatic rings. The van der Waals surface area contributed by atoms with E-state index in [1.54, 1.807) is 0 Å².